The normalized spacial score (nSPS) is 11.9. The monoisotopic (exact) mass is 275 g/mol. The van der Waals surface area contributed by atoms with Crippen LogP contribution in [0.4, 0.5) is 0 Å². The predicted molar refractivity (Wildman–Crippen MR) is 65.0 cm³/mol. The molecule has 102 valence electrons. The topological polar surface area (TPSA) is 87.8 Å². The van der Waals surface area contributed by atoms with E-state index in [1.807, 2.05) is 6.92 Å². The molecule has 1 aromatic heterocycles. The maximum absolute atomic E-state index is 12.0. The Bertz CT molecular complexity index is 505. The standard InChI is InChI=1S/C11H17NO5S/c1-3-4-5-8-12(2)18(15,16)10-7-6-9(17-10)11(13)14/h6-7H,3-5,8H2,1-2H3,(H,13,14). The van der Waals surface area contributed by atoms with Crippen molar-refractivity contribution in [2.24, 2.45) is 0 Å². The summed E-state index contributed by atoms with van der Waals surface area (Å²) < 4.78 is 30.0. The van der Waals surface area contributed by atoms with Gasteiger partial charge < -0.3 is 9.52 Å². The molecule has 0 fully saturated rings. The third kappa shape index (κ3) is 3.33. The Morgan fingerprint density at radius 2 is 2.06 bits per heavy atom. The summed E-state index contributed by atoms with van der Waals surface area (Å²) in [5.41, 5.74) is 0. The lowest BCUT2D eigenvalue weighted by atomic mass is 10.2. The Morgan fingerprint density at radius 3 is 2.56 bits per heavy atom. The van der Waals surface area contributed by atoms with Crippen LogP contribution in [0.2, 0.25) is 0 Å². The molecule has 0 amide bonds. The summed E-state index contributed by atoms with van der Waals surface area (Å²) in [6.07, 6.45) is 2.70. The molecule has 0 aliphatic heterocycles. The summed E-state index contributed by atoms with van der Waals surface area (Å²) in [5, 5.41) is 8.34. The van der Waals surface area contributed by atoms with E-state index in [2.05, 4.69) is 0 Å². The first-order valence-corrected chi connectivity index (χ1v) is 7.13. The highest BCUT2D eigenvalue weighted by Crippen LogP contribution is 2.18. The van der Waals surface area contributed by atoms with Crippen molar-refractivity contribution in [3.05, 3.63) is 17.9 Å². The number of hydrogen-bond acceptors (Lipinski definition) is 4. The van der Waals surface area contributed by atoms with Crippen LogP contribution in [0.3, 0.4) is 0 Å². The number of furan rings is 1. The van der Waals surface area contributed by atoms with Crippen molar-refractivity contribution in [3.63, 3.8) is 0 Å². The van der Waals surface area contributed by atoms with Crippen LogP contribution in [0.25, 0.3) is 0 Å². The number of rotatable bonds is 7. The fourth-order valence-corrected chi connectivity index (χ4v) is 2.54. The van der Waals surface area contributed by atoms with Gasteiger partial charge in [-0.1, -0.05) is 19.8 Å². The molecule has 18 heavy (non-hydrogen) atoms. The number of carbonyl (C=O) groups is 1. The fourth-order valence-electron chi connectivity index (χ4n) is 1.43. The summed E-state index contributed by atoms with van der Waals surface area (Å²) in [5.74, 6) is -1.67. The van der Waals surface area contributed by atoms with Crippen molar-refractivity contribution < 1.29 is 22.7 Å². The Morgan fingerprint density at radius 1 is 1.39 bits per heavy atom. The van der Waals surface area contributed by atoms with Crippen LogP contribution < -0.4 is 0 Å². The van der Waals surface area contributed by atoms with E-state index in [-0.39, 0.29) is 10.9 Å². The first kappa shape index (κ1) is 14.7. The number of carboxylic acid groups (broad SMARTS) is 1. The van der Waals surface area contributed by atoms with Gasteiger partial charge in [-0.3, -0.25) is 0 Å². The van der Waals surface area contributed by atoms with Crippen molar-refractivity contribution in [2.45, 2.75) is 31.3 Å². The van der Waals surface area contributed by atoms with Crippen LogP contribution in [0.5, 0.6) is 0 Å². The van der Waals surface area contributed by atoms with Gasteiger partial charge in [0.2, 0.25) is 10.9 Å². The third-order valence-electron chi connectivity index (χ3n) is 2.53. The molecule has 0 unspecified atom stereocenters. The Hall–Kier alpha value is -1.34. The number of carboxylic acids is 1. The van der Waals surface area contributed by atoms with E-state index in [0.29, 0.717) is 6.54 Å². The summed E-state index contributed by atoms with van der Waals surface area (Å²) >= 11 is 0. The molecule has 0 spiro atoms. The van der Waals surface area contributed by atoms with Crippen LogP contribution in [0.1, 0.15) is 36.7 Å². The number of unbranched alkanes of at least 4 members (excludes halogenated alkanes) is 2. The molecule has 0 bridgehead atoms. The molecular formula is C11H17NO5S. The first-order valence-electron chi connectivity index (χ1n) is 5.69. The second-order valence-electron chi connectivity index (χ2n) is 3.96. The first-order chi connectivity index (χ1) is 8.39. The van der Waals surface area contributed by atoms with Gasteiger partial charge in [0, 0.05) is 13.6 Å². The van der Waals surface area contributed by atoms with Gasteiger partial charge in [-0.25, -0.2) is 13.2 Å². The summed E-state index contributed by atoms with van der Waals surface area (Å²) in [6.45, 7) is 2.42. The largest absolute Gasteiger partial charge is 0.475 e. The molecule has 6 nitrogen and oxygen atoms in total. The summed E-state index contributed by atoms with van der Waals surface area (Å²) in [4.78, 5) is 10.6. The van der Waals surface area contributed by atoms with Crippen LogP contribution in [-0.4, -0.2) is 37.4 Å². The van der Waals surface area contributed by atoms with E-state index >= 15 is 0 Å². The van der Waals surface area contributed by atoms with Crippen LogP contribution in [-0.2, 0) is 10.0 Å². The molecular weight excluding hydrogens is 258 g/mol. The van der Waals surface area contributed by atoms with E-state index in [0.717, 1.165) is 31.4 Å². The summed E-state index contributed by atoms with van der Waals surface area (Å²) in [6, 6.07) is 2.30. The maximum atomic E-state index is 12.0. The minimum atomic E-state index is -3.73. The Kier molecular flexibility index (Phi) is 4.92. The number of sulfonamides is 1. The molecule has 1 N–H and O–H groups in total. The molecule has 0 aromatic carbocycles. The van der Waals surface area contributed by atoms with Gasteiger partial charge in [-0.2, -0.15) is 4.31 Å². The van der Waals surface area contributed by atoms with E-state index in [1.165, 1.54) is 11.4 Å². The van der Waals surface area contributed by atoms with E-state index < -0.39 is 16.0 Å². The third-order valence-corrected chi connectivity index (χ3v) is 4.26. The molecule has 0 saturated heterocycles. The highest BCUT2D eigenvalue weighted by Gasteiger charge is 2.25. The Labute approximate surface area is 106 Å². The maximum Gasteiger partial charge on any atom is 0.371 e. The van der Waals surface area contributed by atoms with Gasteiger partial charge in [0.15, 0.2) is 0 Å². The van der Waals surface area contributed by atoms with Crippen molar-refractivity contribution in [2.75, 3.05) is 13.6 Å². The molecule has 1 heterocycles. The minimum absolute atomic E-state index is 0.334. The highest BCUT2D eigenvalue weighted by atomic mass is 32.2. The number of aromatic carboxylic acids is 1. The van der Waals surface area contributed by atoms with Gasteiger partial charge in [-0.05, 0) is 18.6 Å². The van der Waals surface area contributed by atoms with Gasteiger partial charge in [0.1, 0.15) is 0 Å². The van der Waals surface area contributed by atoms with Gasteiger partial charge >= 0.3 is 5.97 Å². The van der Waals surface area contributed by atoms with Gasteiger partial charge in [-0.15, -0.1) is 0 Å². The van der Waals surface area contributed by atoms with E-state index in [1.54, 1.807) is 0 Å². The minimum Gasteiger partial charge on any atom is -0.475 e. The van der Waals surface area contributed by atoms with Crippen molar-refractivity contribution in [1.29, 1.82) is 0 Å². The molecule has 0 radical (unpaired) electrons. The van der Waals surface area contributed by atoms with Crippen molar-refractivity contribution in [1.82, 2.24) is 4.31 Å². The second kappa shape index (κ2) is 6.01. The molecule has 1 rings (SSSR count). The van der Waals surface area contributed by atoms with E-state index in [9.17, 15) is 13.2 Å². The van der Waals surface area contributed by atoms with Crippen molar-refractivity contribution in [3.8, 4) is 0 Å². The molecule has 0 atom stereocenters. The molecule has 0 saturated carbocycles. The predicted octanol–water partition coefficient (Wildman–Crippen LogP) is 1.79. The quantitative estimate of drug-likeness (QED) is 0.766. The van der Waals surface area contributed by atoms with Crippen molar-refractivity contribution >= 4 is 16.0 Å². The van der Waals surface area contributed by atoms with Gasteiger partial charge in [0.25, 0.3) is 10.0 Å². The van der Waals surface area contributed by atoms with Crippen LogP contribution in [0.15, 0.2) is 21.6 Å². The Balaban J connectivity index is 2.81. The second-order valence-corrected chi connectivity index (χ2v) is 5.93. The summed E-state index contributed by atoms with van der Waals surface area (Å²) in [7, 11) is -2.28. The molecule has 0 aliphatic carbocycles. The number of hydrogen-bond donors (Lipinski definition) is 1. The number of nitrogens with zero attached hydrogens (tertiary/aromatic N) is 1. The molecule has 1 aromatic rings. The average Bonchev–Trinajstić information content (AvgIpc) is 2.79. The molecule has 7 heteroatoms. The lowest BCUT2D eigenvalue weighted by Gasteiger charge is -2.14. The zero-order valence-electron chi connectivity index (χ0n) is 10.4. The lowest BCUT2D eigenvalue weighted by Crippen LogP contribution is -2.27. The fraction of sp³-hybridized carbons (Fsp3) is 0.545. The van der Waals surface area contributed by atoms with Crippen LogP contribution >= 0.6 is 0 Å². The highest BCUT2D eigenvalue weighted by molar-refractivity contribution is 7.89. The van der Waals surface area contributed by atoms with Crippen LogP contribution in [0, 0.1) is 0 Å². The van der Waals surface area contributed by atoms with Gasteiger partial charge in [0.05, 0.1) is 0 Å². The smallest absolute Gasteiger partial charge is 0.371 e. The van der Waals surface area contributed by atoms with E-state index in [4.69, 9.17) is 9.52 Å². The lowest BCUT2D eigenvalue weighted by molar-refractivity contribution is 0.0656. The zero-order chi connectivity index (χ0) is 13.8. The average molecular weight is 275 g/mol. The molecule has 0 aliphatic rings. The SMILES string of the molecule is CCCCCN(C)S(=O)(=O)c1ccc(C(=O)O)o1. The zero-order valence-corrected chi connectivity index (χ0v) is 11.2.